The van der Waals surface area contributed by atoms with Crippen LogP contribution in [0.3, 0.4) is 0 Å². The third-order valence-electron chi connectivity index (χ3n) is 10.6. The van der Waals surface area contributed by atoms with E-state index in [2.05, 4.69) is 140 Å². The molecule has 1 unspecified atom stereocenters. The van der Waals surface area contributed by atoms with Gasteiger partial charge in [-0.25, -0.2) is 15.0 Å². The standard InChI is InChI=1S/C50H33N3/c1-4-16-36(17-5-1)47-51-48(37-18-6-2-7-19-37)53-49(52-47)39-21-14-20-38(33-39)34-27-30-41(31-28-34)50(40-22-8-3-9-23-40)44-26-13-12-25-43(44)46-42-24-11-10-15-35(42)29-32-45(46)50/h1-33H. The van der Waals surface area contributed by atoms with Crippen LogP contribution in [0, 0.1) is 0 Å². The first kappa shape index (κ1) is 30.8. The molecule has 10 rings (SSSR count). The van der Waals surface area contributed by atoms with E-state index in [1.807, 2.05) is 60.7 Å². The zero-order chi connectivity index (χ0) is 35.2. The molecule has 248 valence electrons. The third kappa shape index (κ3) is 5.09. The summed E-state index contributed by atoms with van der Waals surface area (Å²) < 4.78 is 0. The summed E-state index contributed by atoms with van der Waals surface area (Å²) in [5.74, 6) is 1.95. The minimum atomic E-state index is -0.468. The Balaban J connectivity index is 1.10. The summed E-state index contributed by atoms with van der Waals surface area (Å²) in [5.41, 5.74) is 12.3. The molecule has 0 saturated heterocycles. The normalized spacial score (nSPS) is 14.5. The Bertz CT molecular complexity index is 2700. The van der Waals surface area contributed by atoms with E-state index < -0.39 is 5.41 Å². The van der Waals surface area contributed by atoms with Crippen LogP contribution in [0.5, 0.6) is 0 Å². The van der Waals surface area contributed by atoms with Crippen molar-refractivity contribution in [3.63, 3.8) is 0 Å². The van der Waals surface area contributed by atoms with E-state index in [0.717, 1.165) is 27.8 Å². The molecule has 0 radical (unpaired) electrons. The summed E-state index contributed by atoms with van der Waals surface area (Å²) in [5, 5.41) is 2.54. The molecular weight excluding hydrogens is 643 g/mol. The molecule has 0 fully saturated rings. The lowest BCUT2D eigenvalue weighted by Gasteiger charge is -2.34. The molecule has 9 aromatic rings. The van der Waals surface area contributed by atoms with E-state index in [1.165, 1.54) is 44.2 Å². The van der Waals surface area contributed by atoms with Gasteiger partial charge in [-0.3, -0.25) is 0 Å². The first-order valence-electron chi connectivity index (χ1n) is 18.0. The second kappa shape index (κ2) is 12.7. The van der Waals surface area contributed by atoms with Crippen LogP contribution < -0.4 is 0 Å². The van der Waals surface area contributed by atoms with Gasteiger partial charge in [0, 0.05) is 16.7 Å². The Labute approximate surface area is 309 Å². The monoisotopic (exact) mass is 675 g/mol. The summed E-state index contributed by atoms with van der Waals surface area (Å²) in [6.45, 7) is 0. The molecule has 53 heavy (non-hydrogen) atoms. The molecule has 1 aromatic heterocycles. The van der Waals surface area contributed by atoms with Crippen molar-refractivity contribution in [2.24, 2.45) is 0 Å². The van der Waals surface area contributed by atoms with Crippen molar-refractivity contribution in [2.75, 3.05) is 0 Å². The molecule has 0 saturated carbocycles. The van der Waals surface area contributed by atoms with Crippen LogP contribution in [0.25, 0.3) is 67.2 Å². The van der Waals surface area contributed by atoms with Crippen LogP contribution in [-0.4, -0.2) is 15.0 Å². The van der Waals surface area contributed by atoms with E-state index in [-0.39, 0.29) is 0 Å². The van der Waals surface area contributed by atoms with E-state index >= 15 is 0 Å². The van der Waals surface area contributed by atoms with Gasteiger partial charge in [0.05, 0.1) is 5.41 Å². The van der Waals surface area contributed by atoms with Crippen molar-refractivity contribution in [3.05, 3.63) is 222 Å². The van der Waals surface area contributed by atoms with Crippen molar-refractivity contribution in [3.8, 4) is 56.4 Å². The van der Waals surface area contributed by atoms with Gasteiger partial charge in [0.25, 0.3) is 0 Å². The van der Waals surface area contributed by atoms with E-state index in [0.29, 0.717) is 17.5 Å². The molecule has 1 atom stereocenters. The van der Waals surface area contributed by atoms with Crippen molar-refractivity contribution in [1.29, 1.82) is 0 Å². The van der Waals surface area contributed by atoms with Gasteiger partial charge in [-0.1, -0.05) is 194 Å². The van der Waals surface area contributed by atoms with Gasteiger partial charge in [0.1, 0.15) is 0 Å². The van der Waals surface area contributed by atoms with Gasteiger partial charge in [0.15, 0.2) is 17.5 Å². The molecule has 1 aliphatic carbocycles. The van der Waals surface area contributed by atoms with Crippen LogP contribution in [-0.2, 0) is 5.41 Å². The largest absolute Gasteiger partial charge is 0.208 e. The number of nitrogens with zero attached hydrogens (tertiary/aromatic N) is 3. The molecule has 0 N–H and O–H groups in total. The van der Waals surface area contributed by atoms with E-state index in [9.17, 15) is 0 Å². The molecule has 3 nitrogen and oxygen atoms in total. The Kier molecular flexibility index (Phi) is 7.36. The summed E-state index contributed by atoms with van der Waals surface area (Å²) in [6.07, 6.45) is 0. The van der Waals surface area contributed by atoms with Crippen molar-refractivity contribution in [2.45, 2.75) is 5.41 Å². The molecule has 0 spiro atoms. The maximum Gasteiger partial charge on any atom is 0.164 e. The molecule has 8 aromatic carbocycles. The summed E-state index contributed by atoms with van der Waals surface area (Å²) in [7, 11) is 0. The fourth-order valence-corrected chi connectivity index (χ4v) is 8.21. The van der Waals surface area contributed by atoms with Gasteiger partial charge in [-0.2, -0.15) is 0 Å². The zero-order valence-electron chi connectivity index (χ0n) is 28.9. The Morgan fingerprint density at radius 2 is 0.849 bits per heavy atom. The van der Waals surface area contributed by atoms with E-state index in [4.69, 9.17) is 15.0 Å². The second-order valence-electron chi connectivity index (χ2n) is 13.6. The number of rotatable bonds is 6. The number of benzene rings is 8. The highest BCUT2D eigenvalue weighted by atomic mass is 15.0. The van der Waals surface area contributed by atoms with E-state index in [1.54, 1.807) is 0 Å². The maximum atomic E-state index is 4.99. The minimum absolute atomic E-state index is 0.468. The number of hydrogen-bond acceptors (Lipinski definition) is 3. The topological polar surface area (TPSA) is 38.7 Å². The van der Waals surface area contributed by atoms with Crippen LogP contribution in [0.4, 0.5) is 0 Å². The van der Waals surface area contributed by atoms with Crippen LogP contribution in [0.2, 0.25) is 0 Å². The van der Waals surface area contributed by atoms with Crippen LogP contribution >= 0.6 is 0 Å². The first-order chi connectivity index (χ1) is 26.3. The fraction of sp³-hybridized carbons (Fsp3) is 0.0200. The number of hydrogen-bond donors (Lipinski definition) is 0. The zero-order valence-corrected chi connectivity index (χ0v) is 28.9. The van der Waals surface area contributed by atoms with Crippen LogP contribution in [0.15, 0.2) is 200 Å². The predicted octanol–water partition coefficient (Wildman–Crippen LogP) is 12.1. The molecule has 0 bridgehead atoms. The van der Waals surface area contributed by atoms with Crippen molar-refractivity contribution in [1.82, 2.24) is 15.0 Å². The number of aromatic nitrogens is 3. The quantitative estimate of drug-likeness (QED) is 0.176. The number of fused-ring (bicyclic) bond motifs is 5. The molecule has 1 aliphatic rings. The molecule has 0 amide bonds. The Hall–Kier alpha value is -6.97. The maximum absolute atomic E-state index is 4.99. The predicted molar refractivity (Wildman–Crippen MR) is 216 cm³/mol. The van der Waals surface area contributed by atoms with Crippen molar-refractivity contribution < 1.29 is 0 Å². The smallest absolute Gasteiger partial charge is 0.164 e. The summed E-state index contributed by atoms with van der Waals surface area (Å²) >= 11 is 0. The lowest BCUT2D eigenvalue weighted by Crippen LogP contribution is -2.28. The van der Waals surface area contributed by atoms with Gasteiger partial charge in [0.2, 0.25) is 0 Å². The SMILES string of the molecule is c1ccc(-c2nc(-c3ccccc3)nc(-c3cccc(-c4ccc(C5(c6ccccc6)c6ccccc6-c6c5ccc5ccccc65)cc4)c3)n2)cc1. The van der Waals surface area contributed by atoms with Gasteiger partial charge < -0.3 is 0 Å². The molecule has 0 aliphatic heterocycles. The Morgan fingerprint density at radius 1 is 0.321 bits per heavy atom. The molecule has 3 heteroatoms. The molecular formula is C50H33N3. The summed E-state index contributed by atoms with van der Waals surface area (Å²) in [4.78, 5) is 14.9. The lowest BCUT2D eigenvalue weighted by molar-refractivity contribution is 0.769. The van der Waals surface area contributed by atoms with Gasteiger partial charge in [-0.15, -0.1) is 0 Å². The second-order valence-corrected chi connectivity index (χ2v) is 13.6. The Morgan fingerprint density at radius 3 is 1.55 bits per heavy atom. The fourth-order valence-electron chi connectivity index (χ4n) is 8.21. The third-order valence-corrected chi connectivity index (χ3v) is 10.6. The minimum Gasteiger partial charge on any atom is -0.208 e. The highest BCUT2D eigenvalue weighted by molar-refractivity contribution is 6.04. The average Bonchev–Trinajstić information content (AvgIpc) is 3.56. The highest BCUT2D eigenvalue weighted by Crippen LogP contribution is 2.57. The lowest BCUT2D eigenvalue weighted by atomic mass is 9.67. The summed E-state index contributed by atoms with van der Waals surface area (Å²) in [6, 6.07) is 71.2. The van der Waals surface area contributed by atoms with Crippen molar-refractivity contribution >= 4 is 10.8 Å². The highest BCUT2D eigenvalue weighted by Gasteiger charge is 2.46. The molecule has 1 heterocycles. The van der Waals surface area contributed by atoms with Gasteiger partial charge >= 0.3 is 0 Å². The average molecular weight is 676 g/mol. The van der Waals surface area contributed by atoms with Gasteiger partial charge in [-0.05, 0) is 61.3 Å². The van der Waals surface area contributed by atoms with Crippen LogP contribution in [0.1, 0.15) is 22.3 Å². The first-order valence-corrected chi connectivity index (χ1v) is 18.0.